The Morgan fingerprint density at radius 2 is 1.43 bits per heavy atom. The van der Waals surface area contributed by atoms with Gasteiger partial charge in [0.15, 0.2) is 6.54 Å². The lowest BCUT2D eigenvalue weighted by Gasteiger charge is -2.27. The van der Waals surface area contributed by atoms with Gasteiger partial charge in [-0.15, -0.1) is 0 Å². The summed E-state index contributed by atoms with van der Waals surface area (Å²) in [6, 6.07) is 0. The van der Waals surface area contributed by atoms with Gasteiger partial charge in [0, 0.05) is 13.8 Å². The van der Waals surface area contributed by atoms with E-state index < -0.39 is 18.2 Å². The number of quaternary nitrogens is 1. The van der Waals surface area contributed by atoms with Crippen LogP contribution in [0.4, 0.5) is 0 Å². The average molecular weight is 205 g/mol. The lowest BCUT2D eigenvalue weighted by atomic mass is 10.6. The summed E-state index contributed by atoms with van der Waals surface area (Å²) in [5, 5.41) is 0. The summed E-state index contributed by atoms with van der Waals surface area (Å²) in [4.78, 5) is 21.4. The van der Waals surface area contributed by atoms with E-state index in [1.54, 1.807) is 0 Å². The number of nitrogens with zero attached hydrogens (tertiary/aromatic N) is 1. The number of likely N-dealkylation sites (N-methyl/N-ethyl adjacent to an activating group) is 1. The van der Waals surface area contributed by atoms with Crippen molar-refractivity contribution in [2.45, 2.75) is 20.1 Å². The van der Waals surface area contributed by atoms with Crippen LogP contribution in [-0.2, 0) is 19.1 Å². The highest BCUT2D eigenvalue weighted by Gasteiger charge is 2.23. The Kier molecular flexibility index (Phi) is 4.56. The van der Waals surface area contributed by atoms with Crippen LogP contribution in [0, 0.1) is 0 Å². The van der Waals surface area contributed by atoms with Crippen LogP contribution in [0.2, 0.25) is 0 Å². The molecule has 0 fully saturated rings. The van der Waals surface area contributed by atoms with Crippen molar-refractivity contribution >= 4 is 11.9 Å². The standard InChI is InChI=1S/C9H18NO4/c1-7(11)13-9(14-8(2)12)6-10(3,4)5/h9H,6H2,1-5H3/q+1/i10+1. The van der Waals surface area contributed by atoms with E-state index in [-0.39, 0.29) is 0 Å². The number of ether oxygens (including phenoxy) is 2. The van der Waals surface area contributed by atoms with Crippen molar-refractivity contribution in [3.8, 4) is 0 Å². The largest absolute Gasteiger partial charge is 0.419 e. The van der Waals surface area contributed by atoms with Gasteiger partial charge in [-0.2, -0.15) is 0 Å². The number of esters is 2. The van der Waals surface area contributed by atoms with Crippen LogP contribution in [0.25, 0.3) is 0 Å². The highest BCUT2D eigenvalue weighted by molar-refractivity contribution is 5.68. The highest BCUT2D eigenvalue weighted by atomic mass is 16.7. The maximum atomic E-state index is 10.7. The number of carbonyl (C=O) groups excluding carboxylic acids is 2. The molecule has 0 rings (SSSR count). The first-order valence-corrected chi connectivity index (χ1v) is 4.35. The van der Waals surface area contributed by atoms with Crippen molar-refractivity contribution in [2.24, 2.45) is 0 Å². The molecule has 0 saturated heterocycles. The SMILES string of the molecule is CC(=O)OC(C[15N+](C)(C)C)OC(C)=O. The van der Waals surface area contributed by atoms with Gasteiger partial charge in [-0.25, -0.2) is 0 Å². The molecule has 0 atom stereocenters. The second kappa shape index (κ2) is 4.95. The third-order valence-electron chi connectivity index (χ3n) is 1.29. The first kappa shape index (κ1) is 12.9. The molecular formula is C9H18NO4+. The molecule has 0 saturated carbocycles. The summed E-state index contributed by atoms with van der Waals surface area (Å²) < 4.78 is 10.2. The van der Waals surface area contributed by atoms with Gasteiger partial charge in [0.25, 0.3) is 6.29 Å². The lowest BCUT2D eigenvalue weighted by Crippen LogP contribution is -2.44. The number of carbonyl (C=O) groups is 2. The van der Waals surface area contributed by atoms with Crippen LogP contribution in [0.1, 0.15) is 13.8 Å². The van der Waals surface area contributed by atoms with Crippen LogP contribution >= 0.6 is 0 Å². The summed E-state index contributed by atoms with van der Waals surface area (Å²) in [6.07, 6.45) is -0.801. The van der Waals surface area contributed by atoms with E-state index in [1.807, 2.05) is 21.1 Å². The minimum absolute atomic E-state index is 0.430. The van der Waals surface area contributed by atoms with Gasteiger partial charge < -0.3 is 14.0 Å². The topological polar surface area (TPSA) is 52.6 Å². The Hall–Kier alpha value is -1.10. The van der Waals surface area contributed by atoms with Crippen molar-refractivity contribution in [1.82, 2.24) is 0 Å². The Morgan fingerprint density at radius 1 is 1.07 bits per heavy atom. The average Bonchev–Trinajstić information content (AvgIpc) is 1.77. The maximum Gasteiger partial charge on any atom is 0.305 e. The Bertz CT molecular complexity index is 203. The highest BCUT2D eigenvalue weighted by Crippen LogP contribution is 2.02. The molecule has 0 bridgehead atoms. The summed E-state index contributed by atoms with van der Waals surface area (Å²) >= 11 is 0. The molecule has 0 unspecified atom stereocenters. The van der Waals surface area contributed by atoms with Gasteiger partial charge >= 0.3 is 11.9 Å². The molecule has 0 aliphatic carbocycles. The molecule has 0 aromatic carbocycles. The van der Waals surface area contributed by atoms with Crippen LogP contribution in [0.3, 0.4) is 0 Å². The van der Waals surface area contributed by atoms with E-state index in [9.17, 15) is 9.59 Å². The zero-order chi connectivity index (χ0) is 11.4. The minimum atomic E-state index is -0.801. The summed E-state index contributed by atoms with van der Waals surface area (Å²) in [7, 11) is 5.75. The van der Waals surface area contributed by atoms with Crippen molar-refractivity contribution in [2.75, 3.05) is 27.7 Å². The van der Waals surface area contributed by atoms with Gasteiger partial charge in [-0.1, -0.05) is 0 Å². The van der Waals surface area contributed by atoms with Crippen molar-refractivity contribution in [1.29, 1.82) is 0 Å². The second-order valence-corrected chi connectivity index (χ2v) is 4.12. The molecule has 82 valence electrons. The Morgan fingerprint density at radius 3 is 1.64 bits per heavy atom. The predicted octanol–water partition coefficient (Wildman–Crippen LogP) is 0.145. The van der Waals surface area contributed by atoms with E-state index in [4.69, 9.17) is 9.47 Å². The van der Waals surface area contributed by atoms with Crippen molar-refractivity contribution in [3.05, 3.63) is 0 Å². The maximum absolute atomic E-state index is 10.7. The third kappa shape index (κ3) is 7.54. The van der Waals surface area contributed by atoms with Gasteiger partial charge in [-0.05, 0) is 0 Å². The molecule has 5 heteroatoms. The van der Waals surface area contributed by atoms with Gasteiger partial charge in [0.05, 0.1) is 21.1 Å². The van der Waals surface area contributed by atoms with Gasteiger partial charge in [-0.3, -0.25) is 9.59 Å². The number of hydrogen-bond acceptors (Lipinski definition) is 4. The summed E-state index contributed by atoms with van der Waals surface area (Å²) in [5.74, 6) is -0.908. The first-order chi connectivity index (χ1) is 6.20. The molecule has 0 amide bonds. The summed E-state index contributed by atoms with van der Waals surface area (Å²) in [5.41, 5.74) is 0. The molecule has 14 heavy (non-hydrogen) atoms. The van der Waals surface area contributed by atoms with E-state index >= 15 is 0 Å². The molecule has 0 heterocycles. The monoisotopic (exact) mass is 205 g/mol. The van der Waals surface area contributed by atoms with E-state index in [1.165, 1.54) is 13.8 Å². The zero-order valence-corrected chi connectivity index (χ0v) is 9.36. The van der Waals surface area contributed by atoms with Gasteiger partial charge in [0.2, 0.25) is 0 Å². The number of hydrogen-bond donors (Lipinski definition) is 0. The fraction of sp³-hybridized carbons (Fsp3) is 0.778. The predicted molar refractivity (Wildman–Crippen MR) is 50.2 cm³/mol. The molecule has 0 aliphatic heterocycles. The van der Waals surface area contributed by atoms with Crippen LogP contribution in [-0.4, -0.2) is 50.4 Å². The molecule has 0 aromatic rings. The molecule has 0 radical (unpaired) electrons. The van der Waals surface area contributed by atoms with Crippen LogP contribution < -0.4 is 0 Å². The van der Waals surface area contributed by atoms with Gasteiger partial charge in [0.1, 0.15) is 0 Å². The Balaban J connectivity index is 4.24. The molecule has 0 spiro atoms. The molecule has 5 nitrogen and oxygen atoms in total. The first-order valence-electron chi connectivity index (χ1n) is 4.35. The Labute approximate surface area is 84.2 Å². The van der Waals surface area contributed by atoms with E-state index in [0.717, 1.165) is 0 Å². The lowest BCUT2D eigenvalue weighted by molar-refractivity contribution is -0.876. The fourth-order valence-electron chi connectivity index (χ4n) is 0.916. The van der Waals surface area contributed by atoms with Crippen LogP contribution in [0.5, 0.6) is 0 Å². The number of rotatable bonds is 4. The smallest absolute Gasteiger partial charge is 0.305 e. The van der Waals surface area contributed by atoms with Crippen molar-refractivity contribution in [3.63, 3.8) is 0 Å². The van der Waals surface area contributed by atoms with Crippen molar-refractivity contribution < 1.29 is 23.5 Å². The van der Waals surface area contributed by atoms with Crippen LogP contribution in [0.15, 0.2) is 0 Å². The van der Waals surface area contributed by atoms with E-state index in [0.29, 0.717) is 11.0 Å². The third-order valence-corrected chi connectivity index (χ3v) is 1.29. The molecule has 0 N–H and O–H groups in total. The van der Waals surface area contributed by atoms with E-state index in [2.05, 4.69) is 0 Å². The fourth-order valence-corrected chi connectivity index (χ4v) is 0.916. The summed E-state index contributed by atoms with van der Waals surface area (Å²) in [6.45, 7) is 3.00. The zero-order valence-electron chi connectivity index (χ0n) is 9.36. The molecule has 0 aliphatic rings. The molecular weight excluding hydrogens is 187 g/mol. The second-order valence-electron chi connectivity index (χ2n) is 4.12. The quantitative estimate of drug-likeness (QED) is 0.283. The molecule has 0 aromatic heterocycles. The normalized spacial score (nSPS) is 11.3. The minimum Gasteiger partial charge on any atom is -0.419 e.